The van der Waals surface area contributed by atoms with E-state index in [-0.39, 0.29) is 11.7 Å². The molecule has 92 valence electrons. The van der Waals surface area contributed by atoms with Gasteiger partial charge in [-0.25, -0.2) is 9.97 Å². The molecule has 2 aromatic heterocycles. The Hall–Kier alpha value is -2.11. The monoisotopic (exact) mass is 244 g/mol. The number of nitrogens with zero attached hydrogens (tertiary/aromatic N) is 4. The van der Waals surface area contributed by atoms with Crippen LogP contribution in [-0.2, 0) is 4.79 Å². The van der Waals surface area contributed by atoms with Gasteiger partial charge in [0, 0.05) is 18.8 Å². The zero-order chi connectivity index (χ0) is 12.4. The van der Waals surface area contributed by atoms with E-state index in [4.69, 9.17) is 4.52 Å². The molecule has 0 N–H and O–H groups in total. The largest absolute Gasteiger partial charge is 0.338 e. The van der Waals surface area contributed by atoms with Crippen molar-refractivity contribution < 1.29 is 9.32 Å². The van der Waals surface area contributed by atoms with Crippen LogP contribution < -0.4 is 0 Å². The molecule has 0 radical (unpaired) electrons. The lowest BCUT2D eigenvalue weighted by Crippen LogP contribution is -2.17. The second-order valence-electron chi connectivity index (χ2n) is 4.29. The SMILES string of the molecule is O=C1CCCCC1c1nc(-c2ncccn2)no1. The summed E-state index contributed by atoms with van der Waals surface area (Å²) in [7, 11) is 0. The van der Waals surface area contributed by atoms with Gasteiger partial charge in [0.05, 0.1) is 5.92 Å². The van der Waals surface area contributed by atoms with Crippen LogP contribution in [0.4, 0.5) is 0 Å². The van der Waals surface area contributed by atoms with E-state index in [0.717, 1.165) is 19.3 Å². The molecule has 18 heavy (non-hydrogen) atoms. The standard InChI is InChI=1S/C12H12N4O2/c17-9-5-2-1-4-8(9)12-15-11(16-18-12)10-13-6-3-7-14-10/h3,6-8H,1-2,4-5H2. The molecule has 3 rings (SSSR count). The first-order valence-electron chi connectivity index (χ1n) is 5.98. The van der Waals surface area contributed by atoms with Crippen molar-refractivity contribution in [3.63, 3.8) is 0 Å². The average molecular weight is 244 g/mol. The van der Waals surface area contributed by atoms with Crippen LogP contribution in [0, 0.1) is 0 Å². The van der Waals surface area contributed by atoms with Crippen LogP contribution in [0.2, 0.25) is 0 Å². The molecule has 1 aliphatic carbocycles. The maximum absolute atomic E-state index is 11.8. The lowest BCUT2D eigenvalue weighted by atomic mass is 9.88. The quantitative estimate of drug-likeness (QED) is 0.800. The summed E-state index contributed by atoms with van der Waals surface area (Å²) < 4.78 is 5.17. The molecule has 1 unspecified atom stereocenters. The van der Waals surface area contributed by atoms with Crippen molar-refractivity contribution in [3.05, 3.63) is 24.4 Å². The number of rotatable bonds is 2. The second-order valence-corrected chi connectivity index (χ2v) is 4.29. The van der Waals surface area contributed by atoms with Gasteiger partial charge in [-0.15, -0.1) is 0 Å². The Bertz CT molecular complexity index is 552. The number of hydrogen-bond acceptors (Lipinski definition) is 6. The van der Waals surface area contributed by atoms with Crippen LogP contribution in [0.1, 0.15) is 37.5 Å². The zero-order valence-corrected chi connectivity index (χ0v) is 9.74. The molecule has 1 fully saturated rings. The number of carbonyl (C=O) groups is 1. The molecule has 1 aliphatic rings. The molecule has 0 aromatic carbocycles. The van der Waals surface area contributed by atoms with Crippen molar-refractivity contribution in [1.29, 1.82) is 0 Å². The summed E-state index contributed by atoms with van der Waals surface area (Å²) in [4.78, 5) is 24.1. The van der Waals surface area contributed by atoms with E-state index < -0.39 is 0 Å². The van der Waals surface area contributed by atoms with Crippen molar-refractivity contribution in [1.82, 2.24) is 20.1 Å². The third-order valence-electron chi connectivity index (χ3n) is 3.06. The summed E-state index contributed by atoms with van der Waals surface area (Å²) in [5, 5.41) is 3.83. The molecule has 0 spiro atoms. The topological polar surface area (TPSA) is 81.8 Å². The van der Waals surface area contributed by atoms with Gasteiger partial charge >= 0.3 is 0 Å². The minimum Gasteiger partial charge on any atom is -0.338 e. The summed E-state index contributed by atoms with van der Waals surface area (Å²) in [6.07, 6.45) is 6.60. The zero-order valence-electron chi connectivity index (χ0n) is 9.74. The molecule has 2 heterocycles. The molecule has 1 atom stereocenters. The Morgan fingerprint density at radius 1 is 1.17 bits per heavy atom. The number of hydrogen-bond donors (Lipinski definition) is 0. The van der Waals surface area contributed by atoms with Crippen LogP contribution in [0.25, 0.3) is 11.6 Å². The van der Waals surface area contributed by atoms with Gasteiger partial charge in [-0.1, -0.05) is 11.6 Å². The van der Waals surface area contributed by atoms with Crippen molar-refractivity contribution in [2.24, 2.45) is 0 Å². The highest BCUT2D eigenvalue weighted by Gasteiger charge is 2.29. The van der Waals surface area contributed by atoms with Gasteiger partial charge in [0.15, 0.2) is 0 Å². The first kappa shape index (κ1) is 11.0. The van der Waals surface area contributed by atoms with E-state index in [1.807, 2.05) is 0 Å². The van der Waals surface area contributed by atoms with Crippen LogP contribution in [0.3, 0.4) is 0 Å². The summed E-state index contributed by atoms with van der Waals surface area (Å²) >= 11 is 0. The van der Waals surface area contributed by atoms with E-state index in [1.54, 1.807) is 18.5 Å². The van der Waals surface area contributed by atoms with Gasteiger partial charge in [-0.05, 0) is 18.9 Å². The minimum atomic E-state index is -0.247. The Morgan fingerprint density at radius 3 is 2.78 bits per heavy atom. The smallest absolute Gasteiger partial charge is 0.240 e. The molecule has 2 aromatic rings. The predicted octanol–water partition coefficient (Wildman–Crippen LogP) is 1.75. The molecule has 6 nitrogen and oxygen atoms in total. The molecular weight excluding hydrogens is 232 g/mol. The van der Waals surface area contributed by atoms with Gasteiger partial charge in [0.1, 0.15) is 5.78 Å². The lowest BCUT2D eigenvalue weighted by molar-refractivity contribution is -0.122. The Morgan fingerprint density at radius 2 is 2.00 bits per heavy atom. The van der Waals surface area contributed by atoms with E-state index >= 15 is 0 Å². The number of ketones is 1. The van der Waals surface area contributed by atoms with Crippen molar-refractivity contribution in [3.8, 4) is 11.6 Å². The van der Waals surface area contributed by atoms with Gasteiger partial charge < -0.3 is 4.52 Å². The maximum atomic E-state index is 11.8. The maximum Gasteiger partial charge on any atom is 0.240 e. The fourth-order valence-electron chi connectivity index (χ4n) is 2.13. The van der Waals surface area contributed by atoms with Crippen molar-refractivity contribution in [2.45, 2.75) is 31.6 Å². The average Bonchev–Trinajstić information content (AvgIpc) is 2.90. The van der Waals surface area contributed by atoms with Gasteiger partial charge in [-0.2, -0.15) is 4.98 Å². The second kappa shape index (κ2) is 4.64. The summed E-state index contributed by atoms with van der Waals surface area (Å²) in [6, 6.07) is 1.72. The third-order valence-corrected chi connectivity index (χ3v) is 3.06. The van der Waals surface area contributed by atoms with E-state index in [1.165, 1.54) is 0 Å². The summed E-state index contributed by atoms with van der Waals surface area (Å²) in [5.41, 5.74) is 0. The van der Waals surface area contributed by atoms with Crippen LogP contribution >= 0.6 is 0 Å². The Labute approximate surface area is 103 Å². The Kier molecular flexibility index (Phi) is 2.84. The number of Topliss-reactive ketones (excluding diaryl/α,β-unsaturated/α-hetero) is 1. The van der Waals surface area contributed by atoms with Crippen LogP contribution in [0.5, 0.6) is 0 Å². The number of carbonyl (C=O) groups excluding carboxylic acids is 1. The fourth-order valence-corrected chi connectivity index (χ4v) is 2.13. The normalized spacial score (nSPS) is 20.0. The highest BCUT2D eigenvalue weighted by Crippen LogP contribution is 2.29. The van der Waals surface area contributed by atoms with E-state index in [9.17, 15) is 4.79 Å². The van der Waals surface area contributed by atoms with Crippen LogP contribution in [-0.4, -0.2) is 25.9 Å². The molecule has 0 saturated heterocycles. The van der Waals surface area contributed by atoms with Crippen molar-refractivity contribution >= 4 is 5.78 Å². The van der Waals surface area contributed by atoms with E-state index in [0.29, 0.717) is 24.0 Å². The highest BCUT2D eigenvalue weighted by atomic mass is 16.5. The summed E-state index contributed by atoms with van der Waals surface area (Å²) in [6.45, 7) is 0. The lowest BCUT2D eigenvalue weighted by Gasteiger charge is -2.16. The summed E-state index contributed by atoms with van der Waals surface area (Å²) in [5.74, 6) is 1.08. The van der Waals surface area contributed by atoms with Gasteiger partial charge in [0.2, 0.25) is 17.5 Å². The molecule has 0 aliphatic heterocycles. The van der Waals surface area contributed by atoms with Crippen LogP contribution in [0.15, 0.2) is 23.0 Å². The van der Waals surface area contributed by atoms with E-state index in [2.05, 4.69) is 20.1 Å². The Balaban J connectivity index is 1.87. The highest BCUT2D eigenvalue weighted by molar-refractivity contribution is 5.85. The molecule has 0 amide bonds. The molecular formula is C12H12N4O2. The first-order chi connectivity index (χ1) is 8.84. The minimum absolute atomic E-state index is 0.186. The third kappa shape index (κ3) is 2.01. The molecule has 6 heteroatoms. The molecule has 0 bridgehead atoms. The predicted molar refractivity (Wildman–Crippen MR) is 61.5 cm³/mol. The van der Waals surface area contributed by atoms with Crippen molar-refractivity contribution in [2.75, 3.05) is 0 Å². The van der Waals surface area contributed by atoms with Gasteiger partial charge in [0.25, 0.3) is 0 Å². The van der Waals surface area contributed by atoms with Gasteiger partial charge in [-0.3, -0.25) is 4.79 Å². The molecule has 1 saturated carbocycles. The fraction of sp³-hybridized carbons (Fsp3) is 0.417. The number of aromatic nitrogens is 4. The first-order valence-corrected chi connectivity index (χ1v) is 5.98.